The molecule has 2 aliphatic rings. The van der Waals surface area contributed by atoms with Gasteiger partial charge in [0.15, 0.2) is 10.2 Å². The minimum absolute atomic E-state index is 0.240. The summed E-state index contributed by atoms with van der Waals surface area (Å²) in [6.45, 7) is 4.41. The van der Waals surface area contributed by atoms with E-state index in [2.05, 4.69) is 34.5 Å². The molecule has 6 heteroatoms. The maximum atomic E-state index is 5.44. The molecule has 0 spiro atoms. The number of thiocarbonyl (C=S) groups is 2. The number of nitrogens with zero attached hydrogens (tertiary/aromatic N) is 2. The normalized spacial score (nSPS) is 26.3. The lowest BCUT2D eigenvalue weighted by molar-refractivity contribution is 0.103. The highest BCUT2D eigenvalue weighted by Crippen LogP contribution is 2.26. The molecule has 0 radical (unpaired) electrons. The van der Waals surface area contributed by atoms with Gasteiger partial charge < -0.3 is 10.6 Å². The Hall–Kier alpha value is -0.620. The van der Waals surface area contributed by atoms with Gasteiger partial charge in [-0.15, -0.1) is 0 Å². The zero-order valence-corrected chi connectivity index (χ0v) is 12.7. The van der Waals surface area contributed by atoms with Gasteiger partial charge in [0.05, 0.1) is 0 Å². The summed E-state index contributed by atoms with van der Waals surface area (Å²) in [5, 5.41) is 12.7. The van der Waals surface area contributed by atoms with E-state index >= 15 is 0 Å². The summed E-state index contributed by atoms with van der Waals surface area (Å²) >= 11 is 10.9. The molecule has 102 valence electrons. The number of nitrogens with one attached hydrogen (secondary N) is 2. The van der Waals surface area contributed by atoms with Crippen molar-refractivity contribution in [3.63, 3.8) is 0 Å². The van der Waals surface area contributed by atoms with Crippen molar-refractivity contribution < 1.29 is 0 Å². The van der Waals surface area contributed by atoms with E-state index in [0.29, 0.717) is 0 Å². The first kappa shape index (κ1) is 13.8. The second-order valence-electron chi connectivity index (χ2n) is 4.90. The second kappa shape index (κ2) is 6.02. The zero-order chi connectivity index (χ0) is 13.1. The Bertz CT molecular complexity index is 302. The SMILES string of the molecule is CCCCC1NC(=S)N2C(CCCC)NC(=S)N12. The van der Waals surface area contributed by atoms with Gasteiger partial charge in [-0.1, -0.05) is 26.7 Å². The molecule has 4 nitrogen and oxygen atoms in total. The predicted octanol–water partition coefficient (Wildman–Crippen LogP) is 2.31. The van der Waals surface area contributed by atoms with Crippen molar-refractivity contribution >= 4 is 34.7 Å². The molecule has 18 heavy (non-hydrogen) atoms. The Morgan fingerprint density at radius 1 is 0.889 bits per heavy atom. The average molecular weight is 286 g/mol. The van der Waals surface area contributed by atoms with E-state index in [1.165, 1.54) is 25.7 Å². The Kier molecular flexibility index (Phi) is 4.61. The molecule has 2 fully saturated rings. The van der Waals surface area contributed by atoms with E-state index in [-0.39, 0.29) is 12.3 Å². The summed E-state index contributed by atoms with van der Waals surface area (Å²) in [5.41, 5.74) is 0. The third kappa shape index (κ3) is 2.54. The molecule has 0 aromatic carbocycles. The van der Waals surface area contributed by atoms with Crippen LogP contribution in [0, 0.1) is 0 Å². The Balaban J connectivity index is 2.04. The summed E-state index contributed by atoms with van der Waals surface area (Å²) < 4.78 is 0. The smallest absolute Gasteiger partial charge is 0.191 e. The van der Waals surface area contributed by atoms with Gasteiger partial charge >= 0.3 is 0 Å². The topological polar surface area (TPSA) is 30.5 Å². The third-order valence-electron chi connectivity index (χ3n) is 3.48. The monoisotopic (exact) mass is 286 g/mol. The number of unbranched alkanes of at least 4 members (excludes halogenated alkanes) is 2. The molecule has 0 amide bonds. The molecule has 0 aliphatic carbocycles. The molecule has 0 aromatic heterocycles. The highest BCUT2D eigenvalue weighted by Gasteiger charge is 2.45. The zero-order valence-electron chi connectivity index (χ0n) is 11.1. The van der Waals surface area contributed by atoms with Crippen molar-refractivity contribution in [1.82, 2.24) is 20.7 Å². The second-order valence-corrected chi connectivity index (χ2v) is 5.68. The predicted molar refractivity (Wildman–Crippen MR) is 81.8 cm³/mol. The van der Waals surface area contributed by atoms with Crippen molar-refractivity contribution in [2.24, 2.45) is 0 Å². The number of hydrogen-bond acceptors (Lipinski definition) is 2. The van der Waals surface area contributed by atoms with E-state index in [9.17, 15) is 0 Å². The molecule has 2 rings (SSSR count). The molecule has 0 bridgehead atoms. The van der Waals surface area contributed by atoms with Crippen LogP contribution >= 0.6 is 24.4 Å². The van der Waals surface area contributed by atoms with Crippen LogP contribution in [-0.2, 0) is 0 Å². The lowest BCUT2D eigenvalue weighted by atomic mass is 10.2. The summed E-state index contributed by atoms with van der Waals surface area (Å²) in [4.78, 5) is 0. The highest BCUT2D eigenvalue weighted by atomic mass is 32.1. The van der Waals surface area contributed by atoms with Crippen LogP contribution in [0.1, 0.15) is 52.4 Å². The number of rotatable bonds is 6. The Labute approximate surface area is 120 Å². The van der Waals surface area contributed by atoms with Crippen LogP contribution in [0.15, 0.2) is 0 Å². The molecule has 2 aliphatic heterocycles. The average Bonchev–Trinajstić information content (AvgIpc) is 2.85. The van der Waals surface area contributed by atoms with Gasteiger partial charge in [0.2, 0.25) is 0 Å². The third-order valence-corrected chi connectivity index (χ3v) is 4.09. The molecule has 2 unspecified atom stereocenters. The first-order valence-corrected chi connectivity index (χ1v) is 7.70. The summed E-state index contributed by atoms with van der Waals surface area (Å²) in [7, 11) is 0. The molecule has 0 saturated carbocycles. The van der Waals surface area contributed by atoms with E-state index in [1.54, 1.807) is 0 Å². The largest absolute Gasteiger partial charge is 0.339 e. The lowest BCUT2D eigenvalue weighted by Gasteiger charge is -2.26. The van der Waals surface area contributed by atoms with Gasteiger partial charge in [-0.2, -0.15) is 0 Å². The van der Waals surface area contributed by atoms with Crippen LogP contribution in [0.2, 0.25) is 0 Å². The van der Waals surface area contributed by atoms with Gasteiger partial charge in [-0.25, -0.2) is 10.0 Å². The van der Waals surface area contributed by atoms with Gasteiger partial charge in [-0.3, -0.25) is 0 Å². The van der Waals surface area contributed by atoms with Crippen molar-refractivity contribution in [1.29, 1.82) is 0 Å². The van der Waals surface area contributed by atoms with E-state index in [1.807, 2.05) is 0 Å². The molecule has 2 N–H and O–H groups in total. The number of fused-ring (bicyclic) bond motifs is 1. The Morgan fingerprint density at radius 3 is 1.61 bits per heavy atom. The molecule has 2 saturated heterocycles. The van der Waals surface area contributed by atoms with E-state index in [4.69, 9.17) is 24.4 Å². The number of hydrogen-bond donors (Lipinski definition) is 2. The lowest BCUT2D eigenvalue weighted by Crippen LogP contribution is -2.41. The molecular formula is C12H22N4S2. The van der Waals surface area contributed by atoms with Crippen molar-refractivity contribution in [2.75, 3.05) is 0 Å². The van der Waals surface area contributed by atoms with Crippen LogP contribution in [0.4, 0.5) is 0 Å². The van der Waals surface area contributed by atoms with Gasteiger partial charge in [0, 0.05) is 0 Å². The Morgan fingerprint density at radius 2 is 1.28 bits per heavy atom. The minimum Gasteiger partial charge on any atom is -0.339 e. The summed E-state index contributed by atoms with van der Waals surface area (Å²) in [6, 6.07) is 0. The van der Waals surface area contributed by atoms with Crippen LogP contribution in [0.3, 0.4) is 0 Å². The van der Waals surface area contributed by atoms with Crippen LogP contribution < -0.4 is 10.6 Å². The molecule has 2 heterocycles. The summed E-state index contributed by atoms with van der Waals surface area (Å²) in [5.74, 6) is 0. The quantitative estimate of drug-likeness (QED) is 0.729. The maximum Gasteiger partial charge on any atom is 0.191 e. The fourth-order valence-electron chi connectivity index (χ4n) is 2.50. The minimum atomic E-state index is 0.240. The highest BCUT2D eigenvalue weighted by molar-refractivity contribution is 7.80. The van der Waals surface area contributed by atoms with E-state index in [0.717, 1.165) is 23.1 Å². The molecule has 0 aromatic rings. The standard InChI is InChI=1S/C12H22N4S2/c1-3-5-7-9-13-11(17)16-10(8-6-4-2)14-12(18)15(9)16/h9-10H,3-8H2,1-2H3,(H,13,17)(H,14,18). The van der Waals surface area contributed by atoms with Crippen LogP contribution in [0.25, 0.3) is 0 Å². The van der Waals surface area contributed by atoms with Gasteiger partial charge in [0.25, 0.3) is 0 Å². The molecular weight excluding hydrogens is 264 g/mol. The van der Waals surface area contributed by atoms with E-state index < -0.39 is 0 Å². The van der Waals surface area contributed by atoms with Crippen molar-refractivity contribution in [2.45, 2.75) is 64.7 Å². The molecule has 2 atom stereocenters. The van der Waals surface area contributed by atoms with Gasteiger partial charge in [-0.05, 0) is 50.1 Å². The fraction of sp³-hybridized carbons (Fsp3) is 0.833. The van der Waals surface area contributed by atoms with Crippen molar-refractivity contribution in [3.8, 4) is 0 Å². The fourth-order valence-corrected chi connectivity index (χ4v) is 3.21. The first-order valence-electron chi connectivity index (χ1n) is 6.88. The maximum absolute atomic E-state index is 5.44. The van der Waals surface area contributed by atoms with Gasteiger partial charge in [0.1, 0.15) is 12.3 Å². The van der Waals surface area contributed by atoms with Crippen molar-refractivity contribution in [3.05, 3.63) is 0 Å². The first-order chi connectivity index (χ1) is 8.69. The van der Waals surface area contributed by atoms with Crippen LogP contribution in [-0.4, -0.2) is 32.6 Å². The van der Waals surface area contributed by atoms with Crippen LogP contribution in [0.5, 0.6) is 0 Å². The number of hydrazine groups is 1. The summed E-state index contributed by atoms with van der Waals surface area (Å²) in [6.07, 6.45) is 7.40.